The first-order valence-corrected chi connectivity index (χ1v) is 11.7. The third kappa shape index (κ3) is 5.37. The molecule has 0 bridgehead atoms. The van der Waals surface area contributed by atoms with Crippen molar-refractivity contribution in [2.45, 2.75) is 38.3 Å². The molecule has 0 atom stereocenters. The number of carbonyl (C=O) groups excluding carboxylic acids is 1. The summed E-state index contributed by atoms with van der Waals surface area (Å²) in [4.78, 5) is 19.9. The smallest absolute Gasteiger partial charge is 0.226 e. The first-order chi connectivity index (χ1) is 15.6. The van der Waals surface area contributed by atoms with Gasteiger partial charge in [0.2, 0.25) is 5.91 Å². The highest BCUT2D eigenvalue weighted by molar-refractivity contribution is 5.93. The molecule has 2 heterocycles. The molecule has 1 amide bonds. The number of carbonyl (C=O) groups is 1. The van der Waals surface area contributed by atoms with Crippen molar-refractivity contribution in [1.82, 2.24) is 9.80 Å². The Morgan fingerprint density at radius 1 is 1.03 bits per heavy atom. The van der Waals surface area contributed by atoms with Gasteiger partial charge in [0, 0.05) is 70.1 Å². The van der Waals surface area contributed by atoms with Crippen LogP contribution in [0.2, 0.25) is 0 Å². The maximum absolute atomic E-state index is 13.6. The third-order valence-corrected chi connectivity index (χ3v) is 6.89. The Balaban J connectivity index is 1.47. The molecule has 0 N–H and O–H groups in total. The molecule has 0 radical (unpaired) electrons. The highest BCUT2D eigenvalue weighted by atomic mass is 19.1. The van der Waals surface area contributed by atoms with Crippen LogP contribution in [0.15, 0.2) is 54.6 Å². The Kier molecular flexibility index (Phi) is 7.55. The van der Waals surface area contributed by atoms with E-state index in [1.54, 1.807) is 12.1 Å². The first kappa shape index (κ1) is 22.9. The van der Waals surface area contributed by atoms with Crippen LogP contribution in [0.4, 0.5) is 10.1 Å². The number of rotatable bonds is 7. The van der Waals surface area contributed by atoms with Gasteiger partial charge in [-0.15, -0.1) is 0 Å². The second kappa shape index (κ2) is 10.6. The summed E-state index contributed by atoms with van der Waals surface area (Å²) in [5.74, 6) is -0.0179. The monoisotopic (exact) mass is 439 g/mol. The van der Waals surface area contributed by atoms with Gasteiger partial charge in [0.15, 0.2) is 0 Å². The molecular weight excluding hydrogens is 405 g/mol. The number of halogens is 1. The molecule has 5 nitrogen and oxygen atoms in total. The van der Waals surface area contributed by atoms with E-state index in [9.17, 15) is 9.18 Å². The van der Waals surface area contributed by atoms with Gasteiger partial charge >= 0.3 is 0 Å². The third-order valence-electron chi connectivity index (χ3n) is 6.89. The highest BCUT2D eigenvalue weighted by Crippen LogP contribution is 2.32. The van der Waals surface area contributed by atoms with Gasteiger partial charge in [-0.25, -0.2) is 4.39 Å². The van der Waals surface area contributed by atoms with Crippen LogP contribution in [0.5, 0.6) is 0 Å². The summed E-state index contributed by atoms with van der Waals surface area (Å²) in [5.41, 5.74) is 1.90. The Morgan fingerprint density at radius 2 is 1.75 bits per heavy atom. The second-order valence-corrected chi connectivity index (χ2v) is 8.90. The second-order valence-electron chi connectivity index (χ2n) is 8.90. The zero-order chi connectivity index (χ0) is 22.4. The quantitative estimate of drug-likeness (QED) is 0.655. The van der Waals surface area contributed by atoms with Gasteiger partial charge in [-0.2, -0.15) is 0 Å². The largest absolute Gasteiger partial charge is 0.381 e. The van der Waals surface area contributed by atoms with Gasteiger partial charge in [-0.1, -0.05) is 37.3 Å². The van der Waals surface area contributed by atoms with Crippen molar-refractivity contribution in [2.24, 2.45) is 0 Å². The summed E-state index contributed by atoms with van der Waals surface area (Å²) in [6.45, 7) is 8.61. The molecule has 2 aliphatic rings. The van der Waals surface area contributed by atoms with Crippen molar-refractivity contribution in [2.75, 3.05) is 50.8 Å². The molecule has 6 heteroatoms. The zero-order valence-electron chi connectivity index (χ0n) is 19.0. The number of hydrogen-bond donors (Lipinski definition) is 0. The standard InChI is InChI=1S/C26H34FN3O2/c1-2-25(31)30(24-9-4-3-5-10-24)21-26(11-17-32-18-12-26)29-15-13-28(14-16-29)20-22-7-6-8-23(27)19-22/h3-10,19H,2,11-18,20-21H2,1H3. The molecule has 0 aliphatic carbocycles. The van der Waals surface area contributed by atoms with E-state index < -0.39 is 0 Å². The molecule has 2 aliphatic heterocycles. The molecule has 0 spiro atoms. The van der Waals surface area contributed by atoms with Crippen LogP contribution in [0, 0.1) is 5.82 Å². The summed E-state index contributed by atoms with van der Waals surface area (Å²) in [5, 5.41) is 0. The van der Waals surface area contributed by atoms with E-state index in [-0.39, 0.29) is 17.3 Å². The summed E-state index contributed by atoms with van der Waals surface area (Å²) in [7, 11) is 0. The molecule has 2 fully saturated rings. The average molecular weight is 440 g/mol. The summed E-state index contributed by atoms with van der Waals surface area (Å²) >= 11 is 0. The summed E-state index contributed by atoms with van der Waals surface area (Å²) in [6.07, 6.45) is 2.34. The van der Waals surface area contributed by atoms with E-state index in [1.165, 1.54) is 6.07 Å². The molecule has 4 rings (SSSR count). The van der Waals surface area contributed by atoms with Crippen LogP contribution in [-0.4, -0.2) is 67.2 Å². The Labute approximate surface area is 190 Å². The van der Waals surface area contributed by atoms with Crippen molar-refractivity contribution in [3.63, 3.8) is 0 Å². The van der Waals surface area contributed by atoms with Gasteiger partial charge in [0.1, 0.15) is 5.82 Å². The Morgan fingerprint density at radius 3 is 2.41 bits per heavy atom. The van der Waals surface area contributed by atoms with Gasteiger partial charge in [0.05, 0.1) is 0 Å². The van der Waals surface area contributed by atoms with Crippen molar-refractivity contribution in [3.8, 4) is 0 Å². The van der Waals surface area contributed by atoms with Crippen molar-refractivity contribution in [1.29, 1.82) is 0 Å². The van der Waals surface area contributed by atoms with E-state index in [0.717, 1.165) is 70.0 Å². The lowest BCUT2D eigenvalue weighted by Gasteiger charge is -2.51. The maximum atomic E-state index is 13.6. The predicted molar refractivity (Wildman–Crippen MR) is 125 cm³/mol. The lowest BCUT2D eigenvalue weighted by atomic mass is 9.86. The minimum absolute atomic E-state index is 0.0795. The number of amides is 1. The van der Waals surface area contributed by atoms with Gasteiger partial charge < -0.3 is 9.64 Å². The fraction of sp³-hybridized carbons (Fsp3) is 0.500. The van der Waals surface area contributed by atoms with Crippen LogP contribution >= 0.6 is 0 Å². The maximum Gasteiger partial charge on any atom is 0.226 e. The molecule has 0 unspecified atom stereocenters. The highest BCUT2D eigenvalue weighted by Gasteiger charge is 2.42. The van der Waals surface area contributed by atoms with E-state index >= 15 is 0 Å². The lowest BCUT2D eigenvalue weighted by Crippen LogP contribution is -2.63. The van der Waals surface area contributed by atoms with Crippen LogP contribution in [-0.2, 0) is 16.1 Å². The molecule has 32 heavy (non-hydrogen) atoms. The number of piperazine rings is 1. The van der Waals surface area contributed by atoms with Crippen molar-refractivity contribution >= 4 is 11.6 Å². The van der Waals surface area contributed by atoms with Crippen molar-refractivity contribution < 1.29 is 13.9 Å². The van der Waals surface area contributed by atoms with Gasteiger partial charge in [-0.05, 0) is 42.7 Å². The SMILES string of the molecule is CCC(=O)N(CC1(N2CCN(Cc3cccc(F)c3)CC2)CCOCC1)c1ccccc1. The fourth-order valence-corrected chi connectivity index (χ4v) is 5.02. The number of anilines is 1. The predicted octanol–water partition coefficient (Wildman–Crippen LogP) is 3.94. The van der Waals surface area contributed by atoms with E-state index in [0.29, 0.717) is 13.0 Å². The minimum atomic E-state index is -0.177. The van der Waals surface area contributed by atoms with E-state index in [4.69, 9.17) is 4.74 Å². The number of hydrogen-bond acceptors (Lipinski definition) is 4. The first-order valence-electron chi connectivity index (χ1n) is 11.7. The number of ether oxygens (including phenoxy) is 1. The average Bonchev–Trinajstić information content (AvgIpc) is 2.84. The molecule has 2 aromatic carbocycles. The van der Waals surface area contributed by atoms with Crippen LogP contribution < -0.4 is 4.90 Å². The molecule has 2 aromatic rings. The minimum Gasteiger partial charge on any atom is -0.381 e. The van der Waals surface area contributed by atoms with Crippen LogP contribution in [0.3, 0.4) is 0 Å². The van der Waals surface area contributed by atoms with E-state index in [2.05, 4.69) is 9.80 Å². The molecule has 2 saturated heterocycles. The van der Waals surface area contributed by atoms with Crippen LogP contribution in [0.1, 0.15) is 31.7 Å². The fourth-order valence-electron chi connectivity index (χ4n) is 5.02. The topological polar surface area (TPSA) is 36.0 Å². The molecule has 0 saturated carbocycles. The molecular formula is C26H34FN3O2. The van der Waals surface area contributed by atoms with Gasteiger partial charge in [0.25, 0.3) is 0 Å². The summed E-state index contributed by atoms with van der Waals surface area (Å²) in [6, 6.07) is 16.9. The van der Waals surface area contributed by atoms with Gasteiger partial charge in [-0.3, -0.25) is 14.6 Å². The van der Waals surface area contributed by atoms with Crippen LogP contribution in [0.25, 0.3) is 0 Å². The van der Waals surface area contributed by atoms with Crippen molar-refractivity contribution in [3.05, 3.63) is 66.0 Å². The number of nitrogens with zero attached hydrogens (tertiary/aromatic N) is 3. The molecule has 172 valence electrons. The normalized spacial score (nSPS) is 19.6. The number of benzene rings is 2. The molecule has 0 aromatic heterocycles. The number of para-hydroxylation sites is 1. The summed E-state index contributed by atoms with van der Waals surface area (Å²) < 4.78 is 19.3. The Hall–Kier alpha value is -2.28. The lowest BCUT2D eigenvalue weighted by molar-refractivity contribution is -0.119. The van der Waals surface area contributed by atoms with E-state index in [1.807, 2.05) is 48.2 Å². The Bertz CT molecular complexity index is 878. The zero-order valence-corrected chi connectivity index (χ0v) is 19.0.